The van der Waals surface area contributed by atoms with Gasteiger partial charge >= 0.3 is 23.1 Å². The minimum absolute atomic E-state index is 0. The van der Waals surface area contributed by atoms with Crippen LogP contribution in [0.3, 0.4) is 0 Å². The van der Waals surface area contributed by atoms with Gasteiger partial charge in [-0.15, -0.1) is 0 Å². The van der Waals surface area contributed by atoms with Crippen molar-refractivity contribution in [2.75, 3.05) is 0 Å². The monoisotopic (exact) mass is 216 g/mol. The minimum Gasteiger partial charge on any atom is -1.00 e. The molecule has 0 aliphatic rings. The van der Waals surface area contributed by atoms with Gasteiger partial charge < -0.3 is 13.1 Å². The molecule has 0 spiro atoms. The van der Waals surface area contributed by atoms with Crippen molar-refractivity contribution >= 4 is 33.2 Å². The van der Waals surface area contributed by atoms with Crippen LogP contribution in [0.25, 0.3) is 0 Å². The van der Waals surface area contributed by atoms with Crippen molar-refractivity contribution in [3.05, 3.63) is 18.2 Å². The zero-order valence-electron chi connectivity index (χ0n) is 8.51. The van der Waals surface area contributed by atoms with Gasteiger partial charge in [-0.25, -0.2) is 0 Å². The molecular weight excluding hydrogens is 208 g/mol. The summed E-state index contributed by atoms with van der Waals surface area (Å²) >= 11 is 0. The first-order valence-corrected chi connectivity index (χ1v) is 4.35. The van der Waals surface area contributed by atoms with Gasteiger partial charge in [0.2, 0.25) is 0 Å². The van der Waals surface area contributed by atoms with Crippen LogP contribution in [-0.4, -0.2) is 46.2 Å². The molecule has 0 saturated carbocycles. The van der Waals surface area contributed by atoms with E-state index >= 15 is 0 Å². The van der Waals surface area contributed by atoms with Crippen LogP contribution in [-0.2, 0) is 10.1 Å². The Kier molecular flexibility index (Phi) is 3.98. The fraction of sp³-hybridized carbons (Fsp3) is 0. The van der Waals surface area contributed by atoms with Gasteiger partial charge in [0.15, 0.2) is 0 Å². The summed E-state index contributed by atoms with van der Waals surface area (Å²) in [6.07, 6.45) is 0. The molecule has 1 aromatic rings. The van der Waals surface area contributed by atoms with E-state index in [0.29, 0.717) is 0 Å². The molecule has 0 aliphatic carbocycles. The summed E-state index contributed by atoms with van der Waals surface area (Å²) in [7, 11) is -4.47. The number of hydrogen-bond acceptors (Lipinski definition) is 4. The third kappa shape index (κ3) is 3.03. The van der Waals surface area contributed by atoms with Crippen LogP contribution in [0.1, 0.15) is 2.85 Å². The second-order valence-electron chi connectivity index (χ2n) is 2.13. The second kappa shape index (κ2) is 4.14. The Labute approximate surface area is 93.9 Å². The number of phenols is 2. The van der Waals surface area contributed by atoms with Crippen LogP contribution < -0.4 is 0 Å². The van der Waals surface area contributed by atoms with Crippen molar-refractivity contribution < 1.29 is 26.0 Å². The Hall–Kier alpha value is -0.504. The zero-order chi connectivity index (χ0) is 9.35. The summed E-state index contributed by atoms with van der Waals surface area (Å²) in [5.41, 5.74) is 0. The van der Waals surface area contributed by atoms with Crippen LogP contribution >= 0.6 is 0 Å². The van der Waals surface area contributed by atoms with Crippen molar-refractivity contribution in [3.63, 3.8) is 0 Å². The molecule has 0 aliphatic heterocycles. The number of phenolic OH excluding ortho intramolecular Hbond substituents is 2. The molecular formula is C6H8MgO5S. The Morgan fingerprint density at radius 3 is 2.15 bits per heavy atom. The smallest absolute Gasteiger partial charge is 1.00 e. The summed E-state index contributed by atoms with van der Waals surface area (Å²) < 4.78 is 29.5. The maximum absolute atomic E-state index is 10.5. The van der Waals surface area contributed by atoms with Crippen LogP contribution in [0.5, 0.6) is 11.5 Å². The normalized spacial score (nSPS) is 10.5. The quantitative estimate of drug-likeness (QED) is 0.354. The number of rotatable bonds is 1. The third-order valence-corrected chi connectivity index (χ3v) is 2.10. The Balaban J connectivity index is -0.000000480. The van der Waals surface area contributed by atoms with E-state index in [9.17, 15) is 8.42 Å². The Morgan fingerprint density at radius 2 is 1.77 bits per heavy atom. The Bertz CT molecular complexity index is 408. The molecule has 0 heterocycles. The van der Waals surface area contributed by atoms with Crippen LogP contribution in [0.4, 0.5) is 0 Å². The molecule has 1 aromatic carbocycles. The average Bonchev–Trinajstić information content (AvgIpc) is 1.92. The van der Waals surface area contributed by atoms with Crippen molar-refractivity contribution in [2.24, 2.45) is 0 Å². The summed E-state index contributed by atoms with van der Waals surface area (Å²) in [5, 5.41) is 17.7. The van der Waals surface area contributed by atoms with Crippen LogP contribution in [0.2, 0.25) is 0 Å². The molecule has 5 nitrogen and oxygen atoms in total. The first-order valence-electron chi connectivity index (χ1n) is 2.91. The molecule has 0 aromatic heterocycles. The summed E-state index contributed by atoms with van der Waals surface area (Å²) in [6, 6.07) is 2.83. The maximum Gasteiger partial charge on any atom is 2.00 e. The summed E-state index contributed by atoms with van der Waals surface area (Å²) in [5.74, 6) is -0.948. The predicted octanol–water partition coefficient (Wildman–Crippen LogP) is 0.189. The molecule has 0 bridgehead atoms. The second-order valence-corrected chi connectivity index (χ2v) is 3.52. The molecule has 3 N–H and O–H groups in total. The molecule has 7 heteroatoms. The van der Waals surface area contributed by atoms with E-state index in [0.717, 1.165) is 18.2 Å². The van der Waals surface area contributed by atoms with E-state index in [2.05, 4.69) is 0 Å². The van der Waals surface area contributed by atoms with Gasteiger partial charge in [0.25, 0.3) is 10.1 Å². The number of hydrogen-bond donors (Lipinski definition) is 3. The van der Waals surface area contributed by atoms with Crippen LogP contribution in [0.15, 0.2) is 23.1 Å². The average molecular weight is 216 g/mol. The fourth-order valence-corrected chi connectivity index (χ4v) is 1.31. The van der Waals surface area contributed by atoms with E-state index in [1.165, 1.54) is 0 Å². The molecule has 0 saturated heterocycles. The predicted molar refractivity (Wildman–Crippen MR) is 47.6 cm³/mol. The van der Waals surface area contributed by atoms with Crippen molar-refractivity contribution in [1.82, 2.24) is 0 Å². The van der Waals surface area contributed by atoms with Gasteiger partial charge in [0.05, 0.1) is 0 Å². The molecule has 0 atom stereocenters. The molecule has 1 rings (SSSR count). The van der Waals surface area contributed by atoms with Gasteiger partial charge in [-0.2, -0.15) is 8.42 Å². The SMILES string of the molecule is O=S(=O)(O)c1cc(O)ccc1O.[H-].[H-].[Mg+2]. The number of aromatic hydroxyl groups is 2. The molecule has 0 amide bonds. The molecule has 0 fully saturated rings. The topological polar surface area (TPSA) is 94.8 Å². The van der Waals surface area contributed by atoms with Crippen molar-refractivity contribution in [1.29, 1.82) is 0 Å². The summed E-state index contributed by atoms with van der Waals surface area (Å²) in [4.78, 5) is -0.706. The van der Waals surface area contributed by atoms with Crippen molar-refractivity contribution in [3.8, 4) is 11.5 Å². The molecule has 0 unspecified atom stereocenters. The molecule has 13 heavy (non-hydrogen) atoms. The summed E-state index contributed by atoms with van der Waals surface area (Å²) in [6.45, 7) is 0. The Morgan fingerprint density at radius 1 is 1.23 bits per heavy atom. The van der Waals surface area contributed by atoms with Gasteiger partial charge in [0, 0.05) is 6.07 Å². The zero-order valence-corrected chi connectivity index (χ0v) is 8.74. The minimum atomic E-state index is -4.47. The van der Waals surface area contributed by atoms with Crippen LogP contribution in [0, 0.1) is 0 Å². The third-order valence-electron chi connectivity index (χ3n) is 1.22. The van der Waals surface area contributed by atoms with Gasteiger partial charge in [-0.1, -0.05) is 0 Å². The standard InChI is InChI=1S/C6H6O5S.Mg.2H/c7-4-1-2-5(8)6(3-4)12(9,10)11;;;/h1-3,7-8H,(H,9,10,11);;;/q;+2;2*-1. The van der Waals surface area contributed by atoms with E-state index in [1.54, 1.807) is 0 Å². The fourth-order valence-electron chi connectivity index (χ4n) is 0.709. The first-order chi connectivity index (χ1) is 5.41. The maximum atomic E-state index is 10.5. The molecule has 0 radical (unpaired) electrons. The van der Waals surface area contributed by atoms with Crippen molar-refractivity contribution in [2.45, 2.75) is 4.90 Å². The van der Waals surface area contributed by atoms with Gasteiger partial charge in [-0.05, 0) is 12.1 Å². The van der Waals surface area contributed by atoms with Gasteiger partial charge in [-0.3, -0.25) is 4.55 Å². The van der Waals surface area contributed by atoms with E-state index < -0.39 is 20.8 Å². The largest absolute Gasteiger partial charge is 2.00 e. The van der Waals surface area contributed by atoms with Gasteiger partial charge in [0.1, 0.15) is 16.4 Å². The van der Waals surface area contributed by atoms with E-state index in [1.807, 2.05) is 0 Å². The molecule has 70 valence electrons. The first kappa shape index (κ1) is 12.5. The van der Waals surface area contributed by atoms with E-state index in [-0.39, 0.29) is 31.7 Å². The van der Waals surface area contributed by atoms with E-state index in [4.69, 9.17) is 14.8 Å². The number of benzene rings is 1.